The van der Waals surface area contributed by atoms with E-state index in [4.69, 9.17) is 0 Å². The topological polar surface area (TPSA) is 84.3 Å². The van der Waals surface area contributed by atoms with Crippen molar-refractivity contribution in [3.63, 3.8) is 0 Å². The van der Waals surface area contributed by atoms with E-state index in [2.05, 4.69) is 30.8 Å². The second-order valence-electron chi connectivity index (χ2n) is 6.91. The number of hydrogen-bond donors (Lipinski definition) is 2. The van der Waals surface area contributed by atoms with Gasteiger partial charge in [0, 0.05) is 17.7 Å². The molecule has 4 aromatic rings. The third-order valence-electron chi connectivity index (χ3n) is 4.91. The predicted molar refractivity (Wildman–Crippen MR) is 99.4 cm³/mol. The number of nitrogens with zero attached hydrogens (tertiary/aromatic N) is 5. The first-order valence-electron chi connectivity index (χ1n) is 8.97. The number of benzene rings is 1. The molecule has 5 rings (SSSR count). The van der Waals surface area contributed by atoms with Crippen LogP contribution in [0.15, 0.2) is 42.5 Å². The van der Waals surface area contributed by atoms with Crippen LogP contribution in [0.2, 0.25) is 0 Å². The molecule has 0 aliphatic heterocycles. The number of hydrogen-bond acceptors (Lipinski definition) is 5. The van der Waals surface area contributed by atoms with Crippen LogP contribution in [0, 0.1) is 5.82 Å². The minimum Gasteiger partial charge on any atom is -0.323 e. The van der Waals surface area contributed by atoms with Crippen LogP contribution < -0.4 is 5.32 Å². The van der Waals surface area contributed by atoms with Crippen LogP contribution >= 0.6 is 0 Å². The maximum Gasteiger partial charge on any atom is 0.181 e. The van der Waals surface area contributed by atoms with Gasteiger partial charge in [0.1, 0.15) is 17.2 Å². The van der Waals surface area contributed by atoms with E-state index in [1.54, 1.807) is 16.8 Å². The lowest BCUT2D eigenvalue weighted by Crippen LogP contribution is -2.09. The van der Waals surface area contributed by atoms with Gasteiger partial charge in [0.05, 0.1) is 6.04 Å². The Labute approximate surface area is 154 Å². The largest absolute Gasteiger partial charge is 0.323 e. The van der Waals surface area contributed by atoms with Gasteiger partial charge in [-0.2, -0.15) is 5.10 Å². The van der Waals surface area contributed by atoms with Crippen molar-refractivity contribution >= 4 is 22.8 Å². The number of halogens is 1. The number of H-pyrrole nitrogens is 1. The Balaban J connectivity index is 1.45. The highest BCUT2D eigenvalue weighted by atomic mass is 19.1. The standard InChI is InChI=1S/C19H18FN7/c1-11(12-4-6-14(20)7-5-12)27-19-15(24-26-27)8-9-17(22-19)21-18-10-16(23-25-18)13-2-3-13/h4-11,13H,2-3H2,1H3,(H2,21,22,23,25). The van der Waals surface area contributed by atoms with Crippen molar-refractivity contribution in [3.05, 3.63) is 59.5 Å². The Hall–Kier alpha value is -3.29. The van der Waals surface area contributed by atoms with Gasteiger partial charge in [0.15, 0.2) is 11.5 Å². The van der Waals surface area contributed by atoms with Crippen molar-refractivity contribution in [1.29, 1.82) is 0 Å². The van der Waals surface area contributed by atoms with E-state index in [1.807, 2.05) is 25.1 Å². The van der Waals surface area contributed by atoms with Gasteiger partial charge in [-0.3, -0.25) is 5.10 Å². The number of aromatic nitrogens is 6. The highest BCUT2D eigenvalue weighted by molar-refractivity contribution is 5.73. The van der Waals surface area contributed by atoms with Gasteiger partial charge in [-0.25, -0.2) is 14.1 Å². The van der Waals surface area contributed by atoms with Crippen LogP contribution in [-0.2, 0) is 0 Å². The third-order valence-corrected chi connectivity index (χ3v) is 4.91. The summed E-state index contributed by atoms with van der Waals surface area (Å²) in [4.78, 5) is 4.66. The van der Waals surface area contributed by atoms with Crippen molar-refractivity contribution in [2.24, 2.45) is 0 Å². The van der Waals surface area contributed by atoms with Gasteiger partial charge >= 0.3 is 0 Å². The van der Waals surface area contributed by atoms with Crippen molar-refractivity contribution in [2.75, 3.05) is 5.32 Å². The maximum absolute atomic E-state index is 13.2. The van der Waals surface area contributed by atoms with E-state index < -0.39 is 0 Å². The van der Waals surface area contributed by atoms with Crippen LogP contribution in [0.3, 0.4) is 0 Å². The smallest absolute Gasteiger partial charge is 0.181 e. The average Bonchev–Trinajstić information content (AvgIpc) is 3.28. The summed E-state index contributed by atoms with van der Waals surface area (Å²) in [5, 5.41) is 19.0. The molecule has 27 heavy (non-hydrogen) atoms. The number of rotatable bonds is 5. The number of pyridine rings is 1. The molecule has 3 heterocycles. The highest BCUT2D eigenvalue weighted by Gasteiger charge is 2.25. The van der Waals surface area contributed by atoms with Gasteiger partial charge in [0.25, 0.3) is 0 Å². The van der Waals surface area contributed by atoms with E-state index >= 15 is 0 Å². The molecule has 7 nitrogen and oxygen atoms in total. The van der Waals surface area contributed by atoms with E-state index in [9.17, 15) is 4.39 Å². The zero-order valence-corrected chi connectivity index (χ0v) is 14.7. The first-order chi connectivity index (χ1) is 13.2. The summed E-state index contributed by atoms with van der Waals surface area (Å²) in [6.45, 7) is 1.98. The molecule has 136 valence electrons. The quantitative estimate of drug-likeness (QED) is 0.561. The van der Waals surface area contributed by atoms with E-state index in [0.717, 1.165) is 17.1 Å². The molecule has 2 N–H and O–H groups in total. The molecular formula is C19H18FN7. The fraction of sp³-hybridized carbons (Fsp3) is 0.263. The molecule has 3 aromatic heterocycles. The second-order valence-corrected chi connectivity index (χ2v) is 6.91. The lowest BCUT2D eigenvalue weighted by atomic mass is 10.1. The van der Waals surface area contributed by atoms with Crippen molar-refractivity contribution in [1.82, 2.24) is 30.2 Å². The zero-order chi connectivity index (χ0) is 18.4. The van der Waals surface area contributed by atoms with Crippen molar-refractivity contribution in [2.45, 2.75) is 31.7 Å². The van der Waals surface area contributed by atoms with Crippen LogP contribution in [0.25, 0.3) is 11.2 Å². The molecule has 8 heteroatoms. The minimum absolute atomic E-state index is 0.120. The summed E-state index contributed by atoms with van der Waals surface area (Å²) in [5.41, 5.74) is 3.46. The normalized spacial score (nSPS) is 15.2. The van der Waals surface area contributed by atoms with Gasteiger partial charge in [-0.15, -0.1) is 5.10 Å². The van der Waals surface area contributed by atoms with Crippen molar-refractivity contribution < 1.29 is 4.39 Å². The van der Waals surface area contributed by atoms with Crippen LogP contribution in [0.1, 0.15) is 43.0 Å². The summed E-state index contributed by atoms with van der Waals surface area (Å²) in [7, 11) is 0. The molecule has 1 atom stereocenters. The molecule has 0 spiro atoms. The Bertz CT molecular complexity index is 1090. The zero-order valence-electron chi connectivity index (χ0n) is 14.7. The number of nitrogens with one attached hydrogen (secondary N) is 2. The van der Waals surface area contributed by atoms with Gasteiger partial charge in [0.2, 0.25) is 0 Å². The van der Waals surface area contributed by atoms with Crippen LogP contribution in [0.5, 0.6) is 0 Å². The third kappa shape index (κ3) is 3.03. The van der Waals surface area contributed by atoms with E-state index in [0.29, 0.717) is 22.9 Å². The number of anilines is 2. The number of aromatic amines is 1. The first-order valence-corrected chi connectivity index (χ1v) is 8.97. The fourth-order valence-corrected chi connectivity index (χ4v) is 3.17. The molecule has 1 aromatic carbocycles. The average molecular weight is 363 g/mol. The molecule has 0 amide bonds. The molecule has 1 fully saturated rings. The highest BCUT2D eigenvalue weighted by Crippen LogP contribution is 2.39. The van der Waals surface area contributed by atoms with E-state index in [1.165, 1.54) is 25.0 Å². The molecule has 1 saturated carbocycles. The molecular weight excluding hydrogens is 345 g/mol. The van der Waals surface area contributed by atoms with Crippen LogP contribution in [0.4, 0.5) is 16.0 Å². The Morgan fingerprint density at radius 3 is 2.74 bits per heavy atom. The summed E-state index contributed by atoms with van der Waals surface area (Å²) in [5.74, 6) is 1.77. The maximum atomic E-state index is 13.2. The molecule has 1 aliphatic rings. The van der Waals surface area contributed by atoms with Gasteiger partial charge in [-0.1, -0.05) is 17.3 Å². The summed E-state index contributed by atoms with van der Waals surface area (Å²) >= 11 is 0. The monoisotopic (exact) mass is 363 g/mol. The number of fused-ring (bicyclic) bond motifs is 1. The Morgan fingerprint density at radius 2 is 1.96 bits per heavy atom. The Morgan fingerprint density at radius 1 is 1.15 bits per heavy atom. The molecule has 0 bridgehead atoms. The van der Waals surface area contributed by atoms with Crippen molar-refractivity contribution in [3.8, 4) is 0 Å². The first kappa shape index (κ1) is 15.9. The molecule has 1 aliphatic carbocycles. The summed E-state index contributed by atoms with van der Waals surface area (Å²) < 4.78 is 14.9. The fourth-order valence-electron chi connectivity index (χ4n) is 3.17. The lowest BCUT2D eigenvalue weighted by Gasteiger charge is -2.12. The summed E-state index contributed by atoms with van der Waals surface area (Å²) in [6.07, 6.45) is 2.44. The molecule has 1 unspecified atom stereocenters. The SMILES string of the molecule is CC(c1ccc(F)cc1)n1nnc2ccc(Nc3cc(C4CC4)[nH]n3)nc21. The summed E-state index contributed by atoms with van der Waals surface area (Å²) in [6, 6.07) is 12.0. The minimum atomic E-state index is -0.261. The second kappa shape index (κ2) is 6.15. The van der Waals surface area contributed by atoms with Crippen LogP contribution in [-0.4, -0.2) is 30.2 Å². The predicted octanol–water partition coefficient (Wildman–Crippen LogP) is 3.92. The molecule has 0 radical (unpaired) electrons. The van der Waals surface area contributed by atoms with Gasteiger partial charge in [-0.05, 0) is 49.6 Å². The van der Waals surface area contributed by atoms with Gasteiger partial charge < -0.3 is 5.32 Å². The molecule has 0 saturated heterocycles. The Kier molecular flexibility index (Phi) is 3.63. The van der Waals surface area contributed by atoms with E-state index in [-0.39, 0.29) is 11.9 Å². The lowest BCUT2D eigenvalue weighted by molar-refractivity contribution is 0.553.